The molecule has 1 aromatic rings. The number of amidine groups is 1. The summed E-state index contributed by atoms with van der Waals surface area (Å²) < 4.78 is 49.9. The number of benzene rings is 1. The van der Waals surface area contributed by atoms with E-state index in [1.165, 1.54) is 20.2 Å². The molecule has 11 heteroatoms. The molecule has 0 spiro atoms. The van der Waals surface area contributed by atoms with Crippen LogP contribution in [0.4, 0.5) is 5.69 Å². The summed E-state index contributed by atoms with van der Waals surface area (Å²) in [5.74, 6) is -0.365. The summed E-state index contributed by atoms with van der Waals surface area (Å²) in [7, 11) is -1.10. The van der Waals surface area contributed by atoms with Gasteiger partial charge in [0, 0.05) is 14.1 Å². The number of phenolic OH excluding ortho intramolecular Hbond substituents is 1. The Balaban J connectivity index is 2.46. The molecule has 9 nitrogen and oxygen atoms in total. The highest BCUT2D eigenvalue weighted by Gasteiger charge is 2.28. The van der Waals surface area contributed by atoms with Crippen LogP contribution in [0.3, 0.4) is 0 Å². The highest BCUT2D eigenvalue weighted by molar-refractivity contribution is 7.89. The van der Waals surface area contributed by atoms with E-state index >= 15 is 0 Å². The van der Waals surface area contributed by atoms with Crippen molar-refractivity contribution < 1.29 is 22.5 Å². The van der Waals surface area contributed by atoms with Crippen LogP contribution in [0.2, 0.25) is 0 Å². The minimum Gasteiger partial charge on any atom is -0.504 e. The van der Waals surface area contributed by atoms with E-state index in [1.807, 2.05) is 0 Å². The molecule has 0 saturated carbocycles. The molecule has 1 atom stereocenters. The fourth-order valence-corrected chi connectivity index (χ4v) is 3.76. The molecule has 0 aliphatic carbocycles. The first-order valence-corrected chi connectivity index (χ1v) is 9.43. The van der Waals surface area contributed by atoms with Crippen molar-refractivity contribution in [1.29, 1.82) is 0 Å². The molecular weight excluding hydrogens is 356 g/mol. The van der Waals surface area contributed by atoms with E-state index in [4.69, 9.17) is 4.74 Å². The quantitative estimate of drug-likeness (QED) is 0.752. The maximum atomic E-state index is 12.4. The molecule has 2 rings (SSSR count). The standard InChI is InChI=1S/C13H18N4O5S2/c1-5-22-13-12(15-23(19)16-13)14-9-7-6-8(2)11(10(9)18)24(20,21)17(3)4/h6-7,18H,5H2,1-4H3,(H,14,15). The topological polar surface area (TPSA) is 121 Å². The van der Waals surface area contributed by atoms with Crippen molar-refractivity contribution in [2.45, 2.75) is 18.7 Å². The molecule has 2 N–H and O–H groups in total. The van der Waals surface area contributed by atoms with E-state index < -0.39 is 26.9 Å². The van der Waals surface area contributed by atoms with Gasteiger partial charge in [0.2, 0.25) is 15.9 Å². The lowest BCUT2D eigenvalue weighted by molar-refractivity contribution is 0.335. The molecule has 1 aliphatic rings. The SMILES string of the molecule is CCOC1=NS(=O)N=C1Nc1ccc(C)c(S(=O)(=O)N(C)C)c1O. The average molecular weight is 374 g/mol. The van der Waals surface area contributed by atoms with Crippen molar-refractivity contribution >= 4 is 38.6 Å². The molecule has 0 fully saturated rings. The van der Waals surface area contributed by atoms with Gasteiger partial charge in [0.1, 0.15) is 4.90 Å². The van der Waals surface area contributed by atoms with E-state index in [0.717, 1.165) is 4.31 Å². The molecule has 0 radical (unpaired) electrons. The summed E-state index contributed by atoms with van der Waals surface area (Å²) in [6.07, 6.45) is 0. The van der Waals surface area contributed by atoms with Crippen LogP contribution in [-0.2, 0) is 25.9 Å². The Morgan fingerprint density at radius 1 is 1.33 bits per heavy atom. The van der Waals surface area contributed by atoms with Crippen LogP contribution < -0.4 is 5.32 Å². The molecule has 132 valence electrons. The van der Waals surface area contributed by atoms with Crippen molar-refractivity contribution in [2.75, 3.05) is 26.0 Å². The van der Waals surface area contributed by atoms with Gasteiger partial charge < -0.3 is 15.2 Å². The van der Waals surface area contributed by atoms with Crippen molar-refractivity contribution in [2.24, 2.45) is 8.80 Å². The predicted molar refractivity (Wildman–Crippen MR) is 92.0 cm³/mol. The van der Waals surface area contributed by atoms with Gasteiger partial charge in [-0.3, -0.25) is 0 Å². The zero-order valence-electron chi connectivity index (χ0n) is 13.6. The molecule has 0 saturated heterocycles. The number of nitrogens with one attached hydrogen (secondary N) is 1. The Morgan fingerprint density at radius 2 is 2.00 bits per heavy atom. The monoisotopic (exact) mass is 374 g/mol. The average Bonchev–Trinajstić information content (AvgIpc) is 2.82. The van der Waals surface area contributed by atoms with Crippen molar-refractivity contribution in [3.05, 3.63) is 17.7 Å². The zero-order chi connectivity index (χ0) is 18.1. The third-order valence-electron chi connectivity index (χ3n) is 3.13. The summed E-state index contributed by atoms with van der Waals surface area (Å²) in [4.78, 5) is -0.216. The van der Waals surface area contributed by atoms with Gasteiger partial charge in [-0.1, -0.05) is 6.07 Å². The lowest BCUT2D eigenvalue weighted by Gasteiger charge is -2.17. The lowest BCUT2D eigenvalue weighted by Crippen LogP contribution is -2.25. The number of phenols is 1. The third kappa shape index (κ3) is 3.42. The number of hydrogen-bond donors (Lipinski definition) is 2. The van der Waals surface area contributed by atoms with Crippen LogP contribution in [0.5, 0.6) is 5.75 Å². The van der Waals surface area contributed by atoms with Crippen LogP contribution in [0.15, 0.2) is 25.8 Å². The summed E-state index contributed by atoms with van der Waals surface area (Å²) >= 11 is -1.82. The number of sulfonamides is 1. The van der Waals surface area contributed by atoms with Gasteiger partial charge in [-0.15, -0.1) is 8.80 Å². The van der Waals surface area contributed by atoms with Gasteiger partial charge >= 0.3 is 0 Å². The van der Waals surface area contributed by atoms with Crippen molar-refractivity contribution in [3.8, 4) is 5.75 Å². The van der Waals surface area contributed by atoms with E-state index in [2.05, 4.69) is 14.1 Å². The molecular formula is C13H18N4O5S2. The first-order chi connectivity index (χ1) is 11.2. The summed E-state index contributed by atoms with van der Waals surface area (Å²) in [6.45, 7) is 3.60. The van der Waals surface area contributed by atoms with Gasteiger partial charge in [0.15, 0.2) is 5.75 Å². The second-order valence-corrected chi connectivity index (χ2v) is 7.94. The molecule has 0 amide bonds. The second kappa shape index (κ2) is 6.87. The maximum Gasteiger partial charge on any atom is 0.271 e. The maximum absolute atomic E-state index is 12.4. The van der Waals surface area contributed by atoms with Crippen LogP contribution in [0, 0.1) is 6.92 Å². The smallest absolute Gasteiger partial charge is 0.271 e. The molecule has 1 heterocycles. The van der Waals surface area contributed by atoms with E-state index in [-0.39, 0.29) is 28.9 Å². The fourth-order valence-electron chi connectivity index (χ4n) is 1.97. The number of nitrogens with zero attached hydrogens (tertiary/aromatic N) is 3. The predicted octanol–water partition coefficient (Wildman–Crippen LogP) is 0.789. The molecule has 1 aromatic carbocycles. The van der Waals surface area contributed by atoms with Crippen molar-refractivity contribution in [1.82, 2.24) is 4.31 Å². The van der Waals surface area contributed by atoms with Gasteiger partial charge in [-0.25, -0.2) is 16.9 Å². The first kappa shape index (κ1) is 18.4. The van der Waals surface area contributed by atoms with Crippen LogP contribution >= 0.6 is 0 Å². The fraction of sp³-hybridized carbons (Fsp3) is 0.385. The number of rotatable bonds is 4. The molecule has 1 unspecified atom stereocenters. The van der Waals surface area contributed by atoms with Gasteiger partial charge in [0.05, 0.1) is 12.3 Å². The second-order valence-electron chi connectivity index (χ2n) is 5.02. The minimum absolute atomic E-state index is 0.0350. The Morgan fingerprint density at radius 3 is 2.58 bits per heavy atom. The Hall–Kier alpha value is -1.98. The van der Waals surface area contributed by atoms with Crippen molar-refractivity contribution in [3.63, 3.8) is 0 Å². The van der Waals surface area contributed by atoms with E-state index in [1.54, 1.807) is 19.9 Å². The normalized spacial score (nSPS) is 17.6. The molecule has 0 aromatic heterocycles. The van der Waals surface area contributed by atoms with E-state index in [9.17, 15) is 17.7 Å². The highest BCUT2D eigenvalue weighted by Crippen LogP contribution is 2.35. The summed E-state index contributed by atoms with van der Waals surface area (Å²) in [5.41, 5.74) is 0.480. The number of ether oxygens (including phenoxy) is 1. The Labute approximate surface area is 142 Å². The van der Waals surface area contributed by atoms with Crippen LogP contribution in [0.1, 0.15) is 12.5 Å². The molecule has 0 bridgehead atoms. The number of hydrogen-bond acceptors (Lipinski definition) is 6. The zero-order valence-corrected chi connectivity index (χ0v) is 15.2. The van der Waals surface area contributed by atoms with Gasteiger partial charge in [-0.2, -0.15) is 0 Å². The van der Waals surface area contributed by atoms with Crippen LogP contribution in [-0.4, -0.2) is 54.5 Å². The third-order valence-corrected chi connectivity index (χ3v) is 5.79. The summed E-state index contributed by atoms with van der Waals surface area (Å²) in [6, 6.07) is 3.04. The van der Waals surface area contributed by atoms with Gasteiger partial charge in [-0.05, 0) is 25.5 Å². The van der Waals surface area contributed by atoms with Crippen LogP contribution in [0.25, 0.3) is 0 Å². The number of aromatic hydroxyl groups is 1. The summed E-state index contributed by atoms with van der Waals surface area (Å²) in [5, 5.41) is 13.1. The molecule has 24 heavy (non-hydrogen) atoms. The van der Waals surface area contributed by atoms with Gasteiger partial charge in [0.25, 0.3) is 17.1 Å². The number of aryl methyl sites for hydroxylation is 1. The molecule has 1 aliphatic heterocycles. The largest absolute Gasteiger partial charge is 0.504 e. The highest BCUT2D eigenvalue weighted by atomic mass is 32.2. The number of anilines is 1. The lowest BCUT2D eigenvalue weighted by atomic mass is 10.2. The Bertz CT molecular complexity index is 846. The minimum atomic E-state index is -3.85. The Kier molecular flexibility index (Phi) is 5.26. The first-order valence-electron chi connectivity index (χ1n) is 6.93. The van der Waals surface area contributed by atoms with E-state index in [0.29, 0.717) is 5.56 Å².